The fourth-order valence-corrected chi connectivity index (χ4v) is 1.85. The van der Waals surface area contributed by atoms with Crippen LogP contribution in [0.5, 0.6) is 0 Å². The summed E-state index contributed by atoms with van der Waals surface area (Å²) in [6, 6.07) is 5.61. The molecule has 3 nitrogen and oxygen atoms in total. The molecule has 0 radical (unpaired) electrons. The van der Waals surface area contributed by atoms with Crippen molar-refractivity contribution in [2.75, 3.05) is 0 Å². The largest absolute Gasteiger partial charge is 0.374 e. The molecular formula is C9H9BrN2O. The predicted octanol–water partition coefficient (Wildman–Crippen LogP) is 1.88. The van der Waals surface area contributed by atoms with E-state index < -0.39 is 6.23 Å². The molecule has 0 aliphatic rings. The van der Waals surface area contributed by atoms with Gasteiger partial charge in [-0.05, 0) is 12.1 Å². The van der Waals surface area contributed by atoms with Gasteiger partial charge >= 0.3 is 0 Å². The zero-order chi connectivity index (χ0) is 9.42. The van der Waals surface area contributed by atoms with E-state index in [9.17, 15) is 5.11 Å². The summed E-state index contributed by atoms with van der Waals surface area (Å²) in [6.07, 6.45) is 0.885. The number of H-pyrrole nitrogens is 1. The van der Waals surface area contributed by atoms with E-state index >= 15 is 0 Å². The quantitative estimate of drug-likeness (QED) is 0.667. The number of nitrogens with one attached hydrogen (secondary N) is 1. The molecule has 2 aromatic rings. The summed E-state index contributed by atoms with van der Waals surface area (Å²) >= 11 is 3.42. The van der Waals surface area contributed by atoms with Crippen molar-refractivity contribution in [3.63, 3.8) is 0 Å². The Bertz CT molecular complexity index is 436. The van der Waals surface area contributed by atoms with Gasteiger partial charge in [0.1, 0.15) is 6.23 Å². The molecule has 4 N–H and O–H groups in total. The Morgan fingerprint density at radius 2 is 2.15 bits per heavy atom. The fraction of sp³-hybridized carbons (Fsp3) is 0.111. The van der Waals surface area contributed by atoms with Crippen molar-refractivity contribution in [2.45, 2.75) is 6.23 Å². The number of hydrogen-bond donors (Lipinski definition) is 3. The van der Waals surface area contributed by atoms with Crippen molar-refractivity contribution in [1.82, 2.24) is 4.98 Å². The molecule has 0 bridgehead atoms. The van der Waals surface area contributed by atoms with Crippen LogP contribution in [-0.4, -0.2) is 10.1 Å². The van der Waals surface area contributed by atoms with Gasteiger partial charge in [-0.15, -0.1) is 0 Å². The van der Waals surface area contributed by atoms with Crippen molar-refractivity contribution < 1.29 is 5.11 Å². The number of rotatable bonds is 1. The number of hydrogen-bond acceptors (Lipinski definition) is 2. The second-order valence-corrected chi connectivity index (χ2v) is 3.70. The molecule has 1 heterocycles. The molecule has 1 unspecified atom stereocenters. The van der Waals surface area contributed by atoms with Crippen LogP contribution in [0.15, 0.2) is 28.9 Å². The summed E-state index contributed by atoms with van der Waals surface area (Å²) in [5.41, 5.74) is 7.00. The first-order chi connectivity index (χ1) is 6.20. The Labute approximate surface area is 83.7 Å². The van der Waals surface area contributed by atoms with E-state index in [1.54, 1.807) is 6.07 Å². The summed E-state index contributed by atoms with van der Waals surface area (Å²) in [5, 5.41) is 10.3. The fourth-order valence-electron chi connectivity index (χ4n) is 1.39. The first-order valence-electron chi connectivity index (χ1n) is 3.89. The zero-order valence-corrected chi connectivity index (χ0v) is 8.38. The van der Waals surface area contributed by atoms with Crippen LogP contribution in [-0.2, 0) is 0 Å². The molecule has 0 aliphatic heterocycles. The molecule has 1 aromatic carbocycles. The van der Waals surface area contributed by atoms with Crippen LogP contribution < -0.4 is 5.73 Å². The topological polar surface area (TPSA) is 62.0 Å². The average Bonchev–Trinajstić information content (AvgIpc) is 2.53. The minimum Gasteiger partial charge on any atom is -0.374 e. The molecular weight excluding hydrogens is 232 g/mol. The minimum atomic E-state index is -0.936. The SMILES string of the molecule is NC(O)c1ccc(Br)c2cc[nH]c12. The molecule has 68 valence electrons. The highest BCUT2D eigenvalue weighted by Crippen LogP contribution is 2.27. The van der Waals surface area contributed by atoms with Crippen molar-refractivity contribution in [3.8, 4) is 0 Å². The summed E-state index contributed by atoms with van der Waals surface area (Å²) in [4.78, 5) is 3.04. The van der Waals surface area contributed by atoms with Gasteiger partial charge in [-0.1, -0.05) is 22.0 Å². The van der Waals surface area contributed by atoms with E-state index in [4.69, 9.17) is 5.73 Å². The molecule has 2 rings (SSSR count). The monoisotopic (exact) mass is 240 g/mol. The summed E-state index contributed by atoms with van der Waals surface area (Å²) in [5.74, 6) is 0. The molecule has 0 amide bonds. The van der Waals surface area contributed by atoms with Crippen molar-refractivity contribution in [2.24, 2.45) is 5.73 Å². The standard InChI is InChI=1S/C9H9BrN2O/c10-7-2-1-6(9(11)13)8-5(7)3-4-12-8/h1-4,9,12-13H,11H2. The van der Waals surface area contributed by atoms with Crippen LogP contribution in [0.25, 0.3) is 10.9 Å². The van der Waals surface area contributed by atoms with E-state index in [-0.39, 0.29) is 0 Å². The van der Waals surface area contributed by atoms with Crippen molar-refractivity contribution in [3.05, 3.63) is 34.4 Å². The Morgan fingerprint density at radius 3 is 2.85 bits per heavy atom. The molecule has 0 saturated heterocycles. The molecule has 13 heavy (non-hydrogen) atoms. The van der Waals surface area contributed by atoms with Gasteiger partial charge in [0.2, 0.25) is 0 Å². The van der Waals surface area contributed by atoms with E-state index in [1.807, 2.05) is 18.3 Å². The molecule has 0 fully saturated rings. The van der Waals surface area contributed by atoms with E-state index in [0.717, 1.165) is 15.4 Å². The van der Waals surface area contributed by atoms with E-state index in [2.05, 4.69) is 20.9 Å². The van der Waals surface area contributed by atoms with Gasteiger partial charge in [0.05, 0.1) is 5.52 Å². The van der Waals surface area contributed by atoms with Gasteiger partial charge in [-0.3, -0.25) is 0 Å². The Kier molecular flexibility index (Phi) is 2.11. The lowest BCUT2D eigenvalue weighted by Gasteiger charge is -2.06. The number of aromatic nitrogens is 1. The van der Waals surface area contributed by atoms with Gasteiger partial charge in [0, 0.05) is 21.6 Å². The van der Waals surface area contributed by atoms with Crippen LogP contribution in [0.2, 0.25) is 0 Å². The van der Waals surface area contributed by atoms with Crippen LogP contribution in [0, 0.1) is 0 Å². The molecule has 1 aromatic heterocycles. The van der Waals surface area contributed by atoms with Crippen LogP contribution in [0.3, 0.4) is 0 Å². The summed E-state index contributed by atoms with van der Waals surface area (Å²) in [7, 11) is 0. The van der Waals surface area contributed by atoms with Gasteiger partial charge < -0.3 is 15.8 Å². The molecule has 4 heteroatoms. The maximum Gasteiger partial charge on any atom is 0.130 e. The zero-order valence-electron chi connectivity index (χ0n) is 6.79. The molecule has 0 saturated carbocycles. The van der Waals surface area contributed by atoms with E-state index in [1.165, 1.54) is 0 Å². The normalized spacial score (nSPS) is 13.5. The lowest BCUT2D eigenvalue weighted by Crippen LogP contribution is -2.08. The van der Waals surface area contributed by atoms with Crippen LogP contribution in [0.1, 0.15) is 11.8 Å². The van der Waals surface area contributed by atoms with Crippen molar-refractivity contribution >= 4 is 26.8 Å². The second-order valence-electron chi connectivity index (χ2n) is 2.85. The summed E-state index contributed by atoms with van der Waals surface area (Å²) in [6.45, 7) is 0. The van der Waals surface area contributed by atoms with E-state index in [0.29, 0.717) is 5.56 Å². The van der Waals surface area contributed by atoms with Crippen LogP contribution >= 0.6 is 15.9 Å². The smallest absolute Gasteiger partial charge is 0.130 e. The number of nitrogens with two attached hydrogens (primary N) is 1. The maximum absolute atomic E-state index is 9.27. The Balaban J connectivity index is 2.78. The highest BCUT2D eigenvalue weighted by Gasteiger charge is 2.09. The number of fused-ring (bicyclic) bond motifs is 1. The Morgan fingerprint density at radius 1 is 1.38 bits per heavy atom. The summed E-state index contributed by atoms with van der Waals surface area (Å²) < 4.78 is 0.994. The third kappa shape index (κ3) is 1.37. The van der Waals surface area contributed by atoms with Crippen LogP contribution in [0.4, 0.5) is 0 Å². The van der Waals surface area contributed by atoms with Gasteiger partial charge in [-0.25, -0.2) is 0 Å². The molecule has 0 aliphatic carbocycles. The Hall–Kier alpha value is -0.840. The third-order valence-electron chi connectivity index (χ3n) is 2.02. The minimum absolute atomic E-state index is 0.711. The van der Waals surface area contributed by atoms with Gasteiger partial charge in [-0.2, -0.15) is 0 Å². The first kappa shape index (κ1) is 8.74. The number of aromatic amines is 1. The lowest BCUT2D eigenvalue weighted by molar-refractivity contribution is 0.187. The predicted molar refractivity (Wildman–Crippen MR) is 55.1 cm³/mol. The molecule has 1 atom stereocenters. The molecule has 0 spiro atoms. The number of aliphatic hydroxyl groups is 1. The number of halogens is 1. The lowest BCUT2D eigenvalue weighted by atomic mass is 10.1. The van der Waals surface area contributed by atoms with Gasteiger partial charge in [0.25, 0.3) is 0 Å². The van der Waals surface area contributed by atoms with Crippen molar-refractivity contribution in [1.29, 1.82) is 0 Å². The third-order valence-corrected chi connectivity index (χ3v) is 2.71. The second kappa shape index (κ2) is 3.14. The average molecular weight is 241 g/mol. The maximum atomic E-state index is 9.27. The highest BCUT2D eigenvalue weighted by atomic mass is 79.9. The number of aliphatic hydroxyl groups excluding tert-OH is 1. The number of benzene rings is 1. The highest BCUT2D eigenvalue weighted by molar-refractivity contribution is 9.10. The van der Waals surface area contributed by atoms with Gasteiger partial charge in [0.15, 0.2) is 0 Å². The first-order valence-corrected chi connectivity index (χ1v) is 4.68.